The smallest absolute Gasteiger partial charge is 0.348 e. The van der Waals surface area contributed by atoms with E-state index in [1.165, 1.54) is 29.1 Å². The number of rotatable bonds is 5. The van der Waals surface area contributed by atoms with Crippen LogP contribution in [-0.4, -0.2) is 22.1 Å². The summed E-state index contributed by atoms with van der Waals surface area (Å²) in [4.78, 5) is 30.0. The Morgan fingerprint density at radius 1 is 1.40 bits per heavy atom. The highest BCUT2D eigenvalue weighted by Gasteiger charge is 2.20. The SMILES string of the molecule is C=CCOC(=O)c1sc2ncn(Cc3ccc(F)cc3)c(=O)c2c1C. The zero-order chi connectivity index (χ0) is 18.0. The van der Waals surface area contributed by atoms with Gasteiger partial charge >= 0.3 is 5.97 Å². The number of fused-ring (bicyclic) bond motifs is 1. The molecule has 128 valence electrons. The number of hydrogen-bond donors (Lipinski definition) is 0. The maximum Gasteiger partial charge on any atom is 0.348 e. The van der Waals surface area contributed by atoms with Gasteiger partial charge in [-0.1, -0.05) is 24.8 Å². The van der Waals surface area contributed by atoms with E-state index in [2.05, 4.69) is 11.6 Å². The normalized spacial score (nSPS) is 10.8. The Bertz CT molecular complexity index is 1010. The number of halogens is 1. The van der Waals surface area contributed by atoms with E-state index in [9.17, 15) is 14.0 Å². The number of aromatic nitrogens is 2. The van der Waals surface area contributed by atoms with Crippen molar-refractivity contribution in [1.82, 2.24) is 9.55 Å². The third kappa shape index (κ3) is 3.36. The largest absolute Gasteiger partial charge is 0.457 e. The van der Waals surface area contributed by atoms with E-state index in [0.717, 1.165) is 16.9 Å². The van der Waals surface area contributed by atoms with Crippen LogP contribution in [0.4, 0.5) is 4.39 Å². The van der Waals surface area contributed by atoms with E-state index < -0.39 is 5.97 Å². The molecule has 0 spiro atoms. The minimum Gasteiger partial charge on any atom is -0.457 e. The van der Waals surface area contributed by atoms with Gasteiger partial charge in [0.1, 0.15) is 22.1 Å². The van der Waals surface area contributed by atoms with Gasteiger partial charge in [-0.15, -0.1) is 11.3 Å². The molecule has 25 heavy (non-hydrogen) atoms. The Hall–Kier alpha value is -2.80. The number of carbonyl (C=O) groups excluding carboxylic acids is 1. The molecule has 0 aliphatic carbocycles. The highest BCUT2D eigenvalue weighted by atomic mass is 32.1. The Balaban J connectivity index is 2.00. The number of ether oxygens (including phenoxy) is 1. The molecule has 7 heteroatoms. The predicted molar refractivity (Wildman–Crippen MR) is 94.6 cm³/mol. The number of benzene rings is 1. The number of nitrogens with zero attached hydrogens (tertiary/aromatic N) is 2. The molecule has 0 radical (unpaired) electrons. The summed E-state index contributed by atoms with van der Waals surface area (Å²) in [5.74, 6) is -0.828. The molecule has 5 nitrogen and oxygen atoms in total. The van der Waals surface area contributed by atoms with Crippen molar-refractivity contribution >= 4 is 27.5 Å². The molecular formula is C18H15FN2O3S. The predicted octanol–water partition coefficient (Wildman–Crippen LogP) is 3.30. The Labute approximate surface area is 147 Å². The second-order valence-electron chi connectivity index (χ2n) is 5.43. The van der Waals surface area contributed by atoms with Crippen molar-refractivity contribution in [3.8, 4) is 0 Å². The molecule has 2 heterocycles. The topological polar surface area (TPSA) is 61.2 Å². The van der Waals surface area contributed by atoms with Gasteiger partial charge in [0.05, 0.1) is 18.3 Å². The van der Waals surface area contributed by atoms with Crippen molar-refractivity contribution in [3.05, 3.63) is 75.4 Å². The summed E-state index contributed by atoms with van der Waals surface area (Å²) in [5, 5.41) is 0.403. The van der Waals surface area contributed by atoms with Gasteiger partial charge in [0.25, 0.3) is 5.56 Å². The summed E-state index contributed by atoms with van der Waals surface area (Å²) < 4.78 is 19.5. The zero-order valence-electron chi connectivity index (χ0n) is 13.5. The van der Waals surface area contributed by atoms with Gasteiger partial charge in [0.2, 0.25) is 0 Å². The minimum absolute atomic E-state index is 0.106. The molecule has 0 amide bonds. The van der Waals surface area contributed by atoms with Crippen LogP contribution in [0.2, 0.25) is 0 Å². The van der Waals surface area contributed by atoms with Crippen LogP contribution >= 0.6 is 11.3 Å². The number of hydrogen-bond acceptors (Lipinski definition) is 5. The van der Waals surface area contributed by atoms with Crippen LogP contribution in [-0.2, 0) is 11.3 Å². The third-order valence-corrected chi connectivity index (χ3v) is 4.88. The van der Waals surface area contributed by atoms with Crippen molar-refractivity contribution in [2.75, 3.05) is 6.61 Å². The van der Waals surface area contributed by atoms with E-state index in [4.69, 9.17) is 4.74 Å². The highest BCUT2D eigenvalue weighted by Crippen LogP contribution is 2.27. The fraction of sp³-hybridized carbons (Fsp3) is 0.167. The van der Waals surface area contributed by atoms with Gasteiger partial charge in [0.15, 0.2) is 0 Å². The first-order valence-electron chi connectivity index (χ1n) is 7.52. The third-order valence-electron chi connectivity index (χ3n) is 3.70. The van der Waals surface area contributed by atoms with Gasteiger partial charge in [-0.25, -0.2) is 14.2 Å². The number of carbonyl (C=O) groups is 1. The molecule has 0 aliphatic rings. The molecule has 0 saturated carbocycles. The first-order valence-corrected chi connectivity index (χ1v) is 8.34. The average Bonchev–Trinajstić information content (AvgIpc) is 2.94. The van der Waals surface area contributed by atoms with Crippen LogP contribution < -0.4 is 5.56 Å². The summed E-state index contributed by atoms with van der Waals surface area (Å²) in [6, 6.07) is 5.92. The molecule has 0 saturated heterocycles. The van der Waals surface area contributed by atoms with Crippen LogP contribution in [0, 0.1) is 12.7 Å². The lowest BCUT2D eigenvalue weighted by Crippen LogP contribution is -2.21. The van der Waals surface area contributed by atoms with Crippen molar-refractivity contribution in [2.24, 2.45) is 0 Å². The lowest BCUT2D eigenvalue weighted by molar-refractivity contribution is 0.0555. The summed E-state index contributed by atoms with van der Waals surface area (Å²) in [7, 11) is 0. The van der Waals surface area contributed by atoms with Crippen LogP contribution in [0.1, 0.15) is 20.8 Å². The molecule has 1 aromatic carbocycles. The van der Waals surface area contributed by atoms with E-state index >= 15 is 0 Å². The molecule has 0 aliphatic heterocycles. The van der Waals surface area contributed by atoms with E-state index in [-0.39, 0.29) is 24.5 Å². The van der Waals surface area contributed by atoms with Gasteiger partial charge in [-0.05, 0) is 30.2 Å². The molecule has 2 aromatic heterocycles. The quantitative estimate of drug-likeness (QED) is 0.519. The maximum atomic E-state index is 13.0. The second kappa shape index (κ2) is 6.98. The van der Waals surface area contributed by atoms with Gasteiger partial charge in [0, 0.05) is 0 Å². The standard InChI is InChI=1S/C18H15FN2O3S/c1-3-8-24-18(23)15-11(2)14-16(25-15)20-10-21(17(14)22)9-12-4-6-13(19)7-5-12/h3-7,10H,1,8-9H2,2H3. The summed E-state index contributed by atoms with van der Waals surface area (Å²) >= 11 is 1.13. The van der Waals surface area contributed by atoms with Crippen LogP contribution in [0.3, 0.4) is 0 Å². The molecule has 0 fully saturated rings. The molecular weight excluding hydrogens is 343 g/mol. The fourth-order valence-electron chi connectivity index (χ4n) is 2.45. The second-order valence-corrected chi connectivity index (χ2v) is 6.43. The first kappa shape index (κ1) is 17.0. The van der Waals surface area contributed by atoms with Crippen molar-refractivity contribution in [3.63, 3.8) is 0 Å². The monoisotopic (exact) mass is 358 g/mol. The number of aryl methyl sites for hydroxylation is 1. The lowest BCUT2D eigenvalue weighted by Gasteiger charge is -2.05. The fourth-order valence-corrected chi connectivity index (χ4v) is 3.49. The molecule has 0 bridgehead atoms. The molecule has 0 unspecified atom stereocenters. The highest BCUT2D eigenvalue weighted by molar-refractivity contribution is 7.20. The maximum absolute atomic E-state index is 13.0. The Morgan fingerprint density at radius 2 is 2.12 bits per heavy atom. The van der Waals surface area contributed by atoms with E-state index in [0.29, 0.717) is 20.7 Å². The van der Waals surface area contributed by atoms with Crippen LogP contribution in [0.5, 0.6) is 0 Å². The number of thiophene rings is 1. The van der Waals surface area contributed by atoms with Gasteiger partial charge in [-0.3, -0.25) is 9.36 Å². The molecule has 3 rings (SSSR count). The van der Waals surface area contributed by atoms with Crippen LogP contribution in [0.25, 0.3) is 10.2 Å². The van der Waals surface area contributed by atoms with E-state index in [1.807, 2.05) is 0 Å². The van der Waals surface area contributed by atoms with Crippen molar-refractivity contribution in [2.45, 2.75) is 13.5 Å². The van der Waals surface area contributed by atoms with Crippen molar-refractivity contribution < 1.29 is 13.9 Å². The molecule has 3 aromatic rings. The summed E-state index contributed by atoms with van der Waals surface area (Å²) in [5.41, 5.74) is 1.09. The Kier molecular flexibility index (Phi) is 4.76. The number of esters is 1. The first-order chi connectivity index (χ1) is 12.0. The van der Waals surface area contributed by atoms with Crippen molar-refractivity contribution in [1.29, 1.82) is 0 Å². The van der Waals surface area contributed by atoms with Gasteiger partial charge < -0.3 is 4.74 Å². The summed E-state index contributed by atoms with van der Waals surface area (Å²) in [6.07, 6.45) is 2.91. The summed E-state index contributed by atoms with van der Waals surface area (Å²) in [6.45, 7) is 5.58. The van der Waals surface area contributed by atoms with Gasteiger partial charge in [-0.2, -0.15) is 0 Å². The Morgan fingerprint density at radius 3 is 2.80 bits per heavy atom. The van der Waals surface area contributed by atoms with E-state index in [1.54, 1.807) is 19.1 Å². The average molecular weight is 358 g/mol. The zero-order valence-corrected chi connectivity index (χ0v) is 14.3. The molecule has 0 atom stereocenters. The lowest BCUT2D eigenvalue weighted by atomic mass is 10.2. The molecule has 0 N–H and O–H groups in total. The minimum atomic E-state index is -0.495. The van der Waals surface area contributed by atoms with Crippen LogP contribution in [0.15, 0.2) is 48.0 Å².